The lowest BCUT2D eigenvalue weighted by atomic mass is 10.1. The number of nitrogens with one attached hydrogen (secondary N) is 1. The highest BCUT2D eigenvalue weighted by molar-refractivity contribution is 6.06. The molecule has 0 aliphatic carbocycles. The zero-order chi connectivity index (χ0) is 18.5. The second kappa shape index (κ2) is 7.99. The van der Waals surface area contributed by atoms with Crippen LogP contribution in [0.5, 0.6) is 0 Å². The van der Waals surface area contributed by atoms with E-state index in [1.54, 1.807) is 12.1 Å². The number of aromatic nitrogens is 4. The van der Waals surface area contributed by atoms with Gasteiger partial charge in [-0.25, -0.2) is 4.68 Å². The van der Waals surface area contributed by atoms with Crippen molar-refractivity contribution < 1.29 is 4.79 Å². The van der Waals surface area contributed by atoms with Gasteiger partial charge in [0, 0.05) is 18.7 Å². The smallest absolute Gasteiger partial charge is 0.255 e. The van der Waals surface area contributed by atoms with Gasteiger partial charge < -0.3 is 10.2 Å². The normalized spacial score (nSPS) is 14.6. The molecule has 4 rings (SSSR count). The summed E-state index contributed by atoms with van der Waals surface area (Å²) in [6.07, 6.45) is 6.43. The van der Waals surface area contributed by atoms with Gasteiger partial charge in [-0.15, -0.1) is 5.10 Å². The minimum atomic E-state index is -0.146. The molecule has 0 radical (unpaired) electrons. The first-order valence-electron chi connectivity index (χ1n) is 9.30. The molecule has 0 spiro atoms. The summed E-state index contributed by atoms with van der Waals surface area (Å²) in [4.78, 5) is 15.2. The first kappa shape index (κ1) is 17.2. The van der Waals surface area contributed by atoms with Crippen LogP contribution in [-0.4, -0.2) is 39.2 Å². The Labute approximate surface area is 158 Å². The standard InChI is InChI=1S/C20H22N6O/c27-20(16-8-7-9-17(14-16)26-15-21-23-24-26)22-18-10-3-4-11-19(18)25-12-5-1-2-6-13-25/h3-4,7-11,14-15H,1-2,5-6,12-13H2,(H,22,27). The van der Waals surface area contributed by atoms with Crippen molar-refractivity contribution in [1.29, 1.82) is 0 Å². The second-order valence-electron chi connectivity index (χ2n) is 6.68. The molecule has 27 heavy (non-hydrogen) atoms. The fourth-order valence-electron chi connectivity index (χ4n) is 3.43. The SMILES string of the molecule is O=C(Nc1ccccc1N1CCCCCC1)c1cccc(-n2cnnn2)c1. The summed E-state index contributed by atoms with van der Waals surface area (Å²) in [7, 11) is 0. The van der Waals surface area contributed by atoms with E-state index in [4.69, 9.17) is 0 Å². The van der Waals surface area contributed by atoms with Crippen molar-refractivity contribution in [3.8, 4) is 5.69 Å². The maximum atomic E-state index is 12.8. The molecule has 1 aliphatic rings. The summed E-state index contributed by atoms with van der Waals surface area (Å²) < 4.78 is 1.53. The number of hydrogen-bond donors (Lipinski definition) is 1. The van der Waals surface area contributed by atoms with Gasteiger partial charge in [0.1, 0.15) is 6.33 Å². The van der Waals surface area contributed by atoms with Crippen LogP contribution in [0.3, 0.4) is 0 Å². The van der Waals surface area contributed by atoms with Crippen molar-refractivity contribution in [2.24, 2.45) is 0 Å². The number of anilines is 2. The number of amides is 1. The van der Waals surface area contributed by atoms with Gasteiger partial charge in [-0.3, -0.25) is 4.79 Å². The van der Waals surface area contributed by atoms with Crippen molar-refractivity contribution in [2.75, 3.05) is 23.3 Å². The molecule has 2 heterocycles. The summed E-state index contributed by atoms with van der Waals surface area (Å²) in [5, 5.41) is 14.2. The van der Waals surface area contributed by atoms with E-state index in [2.05, 4.69) is 31.8 Å². The molecule has 3 aromatic rings. The highest BCUT2D eigenvalue weighted by Gasteiger charge is 2.15. The Kier molecular flexibility index (Phi) is 5.09. The average molecular weight is 362 g/mol. The van der Waals surface area contributed by atoms with E-state index >= 15 is 0 Å². The number of carbonyl (C=O) groups excluding carboxylic acids is 1. The number of hydrogen-bond acceptors (Lipinski definition) is 5. The van der Waals surface area contributed by atoms with E-state index < -0.39 is 0 Å². The molecule has 138 valence electrons. The topological polar surface area (TPSA) is 75.9 Å². The number of tetrazole rings is 1. The molecule has 7 heteroatoms. The van der Waals surface area contributed by atoms with Gasteiger partial charge in [-0.1, -0.05) is 31.0 Å². The summed E-state index contributed by atoms with van der Waals surface area (Å²) >= 11 is 0. The maximum absolute atomic E-state index is 12.8. The van der Waals surface area contributed by atoms with E-state index in [-0.39, 0.29) is 5.91 Å². The average Bonchev–Trinajstić information content (AvgIpc) is 3.12. The van der Waals surface area contributed by atoms with Gasteiger partial charge in [0.25, 0.3) is 5.91 Å². The zero-order valence-corrected chi connectivity index (χ0v) is 15.1. The molecule has 1 aromatic heterocycles. The minimum absolute atomic E-state index is 0.146. The van der Waals surface area contributed by atoms with Crippen molar-refractivity contribution in [2.45, 2.75) is 25.7 Å². The molecule has 0 bridgehead atoms. The van der Waals surface area contributed by atoms with Crippen molar-refractivity contribution in [3.05, 3.63) is 60.4 Å². The minimum Gasteiger partial charge on any atom is -0.370 e. The molecule has 0 atom stereocenters. The Morgan fingerprint density at radius 2 is 1.78 bits per heavy atom. The van der Waals surface area contributed by atoms with E-state index in [1.807, 2.05) is 30.3 Å². The Bertz CT molecular complexity index is 900. The van der Waals surface area contributed by atoms with E-state index in [1.165, 1.54) is 36.7 Å². The molecule has 1 fully saturated rings. The van der Waals surface area contributed by atoms with Crippen LogP contribution < -0.4 is 10.2 Å². The molecular weight excluding hydrogens is 340 g/mol. The highest BCUT2D eigenvalue weighted by Crippen LogP contribution is 2.28. The highest BCUT2D eigenvalue weighted by atomic mass is 16.1. The quantitative estimate of drug-likeness (QED) is 0.771. The number of benzene rings is 2. The van der Waals surface area contributed by atoms with Gasteiger partial charge in [0.05, 0.1) is 17.1 Å². The van der Waals surface area contributed by atoms with Gasteiger partial charge in [-0.2, -0.15) is 0 Å². The van der Waals surface area contributed by atoms with Crippen LogP contribution in [0.15, 0.2) is 54.9 Å². The van der Waals surface area contributed by atoms with Crippen LogP contribution >= 0.6 is 0 Å². The van der Waals surface area contributed by atoms with Crippen molar-refractivity contribution >= 4 is 17.3 Å². The fraction of sp³-hybridized carbons (Fsp3) is 0.300. The van der Waals surface area contributed by atoms with Gasteiger partial charge >= 0.3 is 0 Å². The Balaban J connectivity index is 1.56. The summed E-state index contributed by atoms with van der Waals surface area (Å²) in [5.74, 6) is -0.146. The van der Waals surface area contributed by atoms with Crippen LogP contribution in [0.2, 0.25) is 0 Å². The zero-order valence-electron chi connectivity index (χ0n) is 15.1. The molecule has 7 nitrogen and oxygen atoms in total. The third-order valence-corrected chi connectivity index (χ3v) is 4.82. The van der Waals surface area contributed by atoms with Crippen LogP contribution in [0.25, 0.3) is 5.69 Å². The Morgan fingerprint density at radius 3 is 2.56 bits per heavy atom. The monoisotopic (exact) mass is 362 g/mol. The molecule has 1 aliphatic heterocycles. The summed E-state index contributed by atoms with van der Waals surface area (Å²) in [6, 6.07) is 15.3. The lowest BCUT2D eigenvalue weighted by Crippen LogP contribution is -2.25. The molecule has 1 amide bonds. The second-order valence-corrected chi connectivity index (χ2v) is 6.68. The molecule has 1 saturated heterocycles. The van der Waals surface area contributed by atoms with E-state index in [9.17, 15) is 4.79 Å². The molecule has 0 saturated carbocycles. The van der Waals surface area contributed by atoms with Crippen molar-refractivity contribution in [1.82, 2.24) is 20.2 Å². The van der Waals surface area contributed by atoms with Gasteiger partial charge in [-0.05, 0) is 53.6 Å². The van der Waals surface area contributed by atoms with Crippen LogP contribution in [-0.2, 0) is 0 Å². The van der Waals surface area contributed by atoms with Crippen LogP contribution in [0, 0.1) is 0 Å². The number of rotatable bonds is 4. The van der Waals surface area contributed by atoms with Gasteiger partial charge in [0.15, 0.2) is 0 Å². The number of carbonyl (C=O) groups is 1. The summed E-state index contributed by atoms with van der Waals surface area (Å²) in [6.45, 7) is 2.06. The third kappa shape index (κ3) is 3.97. The van der Waals surface area contributed by atoms with E-state index in [0.29, 0.717) is 5.56 Å². The first-order chi connectivity index (χ1) is 13.3. The molecule has 1 N–H and O–H groups in total. The Hall–Kier alpha value is -3.22. The van der Waals surface area contributed by atoms with Gasteiger partial charge in [0.2, 0.25) is 0 Å². The number of nitrogens with zero attached hydrogens (tertiary/aromatic N) is 5. The Morgan fingerprint density at radius 1 is 0.963 bits per heavy atom. The fourth-order valence-corrected chi connectivity index (χ4v) is 3.43. The lowest BCUT2D eigenvalue weighted by Gasteiger charge is -2.25. The van der Waals surface area contributed by atoms with Crippen LogP contribution in [0.1, 0.15) is 36.0 Å². The maximum Gasteiger partial charge on any atom is 0.255 e. The van der Waals surface area contributed by atoms with E-state index in [0.717, 1.165) is 30.2 Å². The predicted octanol–water partition coefficient (Wildman–Crippen LogP) is 3.30. The largest absolute Gasteiger partial charge is 0.370 e. The molecule has 0 unspecified atom stereocenters. The summed E-state index contributed by atoms with van der Waals surface area (Å²) in [5.41, 5.74) is 3.24. The molecule has 2 aromatic carbocycles. The third-order valence-electron chi connectivity index (χ3n) is 4.82. The first-order valence-corrected chi connectivity index (χ1v) is 9.30. The van der Waals surface area contributed by atoms with Crippen LogP contribution in [0.4, 0.5) is 11.4 Å². The molecular formula is C20H22N6O. The van der Waals surface area contributed by atoms with Crippen molar-refractivity contribution in [3.63, 3.8) is 0 Å². The predicted molar refractivity (Wildman–Crippen MR) is 104 cm³/mol. The lowest BCUT2D eigenvalue weighted by molar-refractivity contribution is 0.102. The number of para-hydroxylation sites is 2.